The van der Waals surface area contributed by atoms with E-state index in [9.17, 15) is 9.59 Å². The molecule has 0 saturated carbocycles. The number of amides is 1. The van der Waals surface area contributed by atoms with E-state index in [1.807, 2.05) is 6.92 Å². The minimum absolute atomic E-state index is 0.0336. The highest BCUT2D eigenvalue weighted by atomic mass is 32.2. The molecule has 0 bridgehead atoms. The largest absolute Gasteiger partial charge is 0.353 e. The summed E-state index contributed by atoms with van der Waals surface area (Å²) in [5.41, 5.74) is -0.211. The minimum atomic E-state index is -0.211. The lowest BCUT2D eigenvalue weighted by atomic mass is 10.1. The summed E-state index contributed by atoms with van der Waals surface area (Å²) in [6, 6.07) is 0.143. The van der Waals surface area contributed by atoms with Crippen LogP contribution in [-0.4, -0.2) is 32.5 Å². The molecule has 0 fully saturated rings. The van der Waals surface area contributed by atoms with Gasteiger partial charge in [0.25, 0.3) is 0 Å². The lowest BCUT2D eigenvalue weighted by molar-refractivity contribution is -0.119. The van der Waals surface area contributed by atoms with E-state index in [2.05, 4.69) is 36.3 Å². The van der Waals surface area contributed by atoms with Crippen LogP contribution in [0.5, 0.6) is 0 Å². The highest BCUT2D eigenvalue weighted by Crippen LogP contribution is 2.13. The number of nitrogens with one attached hydrogen (secondary N) is 2. The Kier molecular flexibility index (Phi) is 6.84. The van der Waals surface area contributed by atoms with Crippen LogP contribution in [0.2, 0.25) is 0 Å². The van der Waals surface area contributed by atoms with E-state index in [4.69, 9.17) is 0 Å². The van der Waals surface area contributed by atoms with Crippen LogP contribution in [0.4, 0.5) is 0 Å². The first-order valence-electron chi connectivity index (χ1n) is 7.03. The fourth-order valence-corrected chi connectivity index (χ4v) is 2.30. The molecule has 0 aromatic carbocycles. The molecule has 0 saturated heterocycles. The van der Waals surface area contributed by atoms with Crippen LogP contribution in [0.1, 0.15) is 40.5 Å². The van der Waals surface area contributed by atoms with Crippen molar-refractivity contribution in [2.24, 2.45) is 5.92 Å². The van der Waals surface area contributed by atoms with Crippen molar-refractivity contribution < 1.29 is 4.79 Å². The number of hydrogen-bond acceptors (Lipinski definition) is 4. The average molecular weight is 300 g/mol. The van der Waals surface area contributed by atoms with Crippen LogP contribution < -0.4 is 11.0 Å². The van der Waals surface area contributed by atoms with Gasteiger partial charge in [0.1, 0.15) is 0 Å². The van der Waals surface area contributed by atoms with Crippen molar-refractivity contribution in [2.75, 3.05) is 5.75 Å². The van der Waals surface area contributed by atoms with E-state index in [1.165, 1.54) is 11.8 Å². The van der Waals surface area contributed by atoms with Crippen LogP contribution in [-0.2, 0) is 11.3 Å². The third-order valence-corrected chi connectivity index (χ3v) is 4.16. The Morgan fingerprint density at radius 1 is 1.45 bits per heavy atom. The second-order valence-corrected chi connectivity index (χ2v) is 6.15. The van der Waals surface area contributed by atoms with Gasteiger partial charge in [-0.25, -0.2) is 9.89 Å². The molecule has 0 aliphatic heterocycles. The van der Waals surface area contributed by atoms with Crippen LogP contribution in [0.25, 0.3) is 0 Å². The van der Waals surface area contributed by atoms with Gasteiger partial charge in [0.15, 0.2) is 5.16 Å². The third kappa shape index (κ3) is 5.03. The summed E-state index contributed by atoms with van der Waals surface area (Å²) < 4.78 is 1.59. The van der Waals surface area contributed by atoms with Gasteiger partial charge in [0.05, 0.1) is 5.75 Å². The normalized spacial score (nSPS) is 12.7. The molecule has 1 amide bonds. The fraction of sp³-hybridized carbons (Fsp3) is 0.769. The maximum Gasteiger partial charge on any atom is 0.343 e. The minimum Gasteiger partial charge on any atom is -0.353 e. The summed E-state index contributed by atoms with van der Waals surface area (Å²) in [5.74, 6) is 0.638. The van der Waals surface area contributed by atoms with Gasteiger partial charge in [0.2, 0.25) is 5.91 Å². The average Bonchev–Trinajstić information content (AvgIpc) is 2.74. The molecule has 7 heteroatoms. The van der Waals surface area contributed by atoms with Crippen molar-refractivity contribution in [1.29, 1.82) is 0 Å². The first kappa shape index (κ1) is 16.8. The van der Waals surface area contributed by atoms with E-state index in [-0.39, 0.29) is 23.4 Å². The number of carbonyl (C=O) groups excluding carboxylic acids is 1. The quantitative estimate of drug-likeness (QED) is 0.715. The predicted octanol–water partition coefficient (Wildman–Crippen LogP) is 1.62. The highest BCUT2D eigenvalue weighted by molar-refractivity contribution is 7.99. The van der Waals surface area contributed by atoms with E-state index in [0.717, 1.165) is 12.8 Å². The molecule has 0 aliphatic rings. The number of aromatic amines is 1. The molecular formula is C13H24N4O2S. The Morgan fingerprint density at radius 3 is 2.75 bits per heavy atom. The lowest BCUT2D eigenvalue weighted by Gasteiger charge is -2.17. The zero-order valence-corrected chi connectivity index (χ0v) is 13.4. The SMILES string of the molecule is CCCCn1c(SCC(=O)NC(C)C(C)C)n[nH]c1=O. The number of H-pyrrole nitrogens is 1. The molecule has 20 heavy (non-hydrogen) atoms. The molecule has 6 nitrogen and oxygen atoms in total. The highest BCUT2D eigenvalue weighted by Gasteiger charge is 2.14. The van der Waals surface area contributed by atoms with Crippen molar-refractivity contribution in [1.82, 2.24) is 20.1 Å². The summed E-state index contributed by atoms with van der Waals surface area (Å²) in [4.78, 5) is 23.4. The second kappa shape index (κ2) is 8.14. The zero-order valence-electron chi connectivity index (χ0n) is 12.6. The van der Waals surface area contributed by atoms with Gasteiger partial charge in [-0.15, -0.1) is 5.10 Å². The molecule has 0 radical (unpaired) electrons. The van der Waals surface area contributed by atoms with Crippen LogP contribution >= 0.6 is 11.8 Å². The molecule has 0 spiro atoms. The molecule has 1 aromatic heterocycles. The number of carbonyl (C=O) groups is 1. The smallest absolute Gasteiger partial charge is 0.343 e. The standard InChI is InChI=1S/C13H24N4O2S/c1-5-6-7-17-12(19)15-16-13(17)20-8-11(18)14-10(4)9(2)3/h9-10H,5-8H2,1-4H3,(H,14,18)(H,15,19). The number of aromatic nitrogens is 3. The maximum atomic E-state index is 11.8. The van der Waals surface area contributed by atoms with Gasteiger partial charge < -0.3 is 5.32 Å². The zero-order chi connectivity index (χ0) is 15.1. The van der Waals surface area contributed by atoms with Crippen molar-refractivity contribution in [3.63, 3.8) is 0 Å². The van der Waals surface area contributed by atoms with E-state index in [1.54, 1.807) is 4.57 Å². The van der Waals surface area contributed by atoms with Crippen molar-refractivity contribution in [3.8, 4) is 0 Å². The first-order chi connectivity index (χ1) is 9.45. The monoisotopic (exact) mass is 300 g/mol. The summed E-state index contributed by atoms with van der Waals surface area (Å²) in [6.07, 6.45) is 1.93. The Morgan fingerprint density at radius 2 is 2.15 bits per heavy atom. The number of thioether (sulfide) groups is 1. The van der Waals surface area contributed by atoms with Gasteiger partial charge in [-0.1, -0.05) is 39.0 Å². The molecule has 1 unspecified atom stereocenters. The Balaban J connectivity index is 2.53. The summed E-state index contributed by atoms with van der Waals surface area (Å²) >= 11 is 1.29. The Hall–Kier alpha value is -1.24. The maximum absolute atomic E-state index is 11.8. The number of rotatable bonds is 8. The predicted molar refractivity (Wildman–Crippen MR) is 80.9 cm³/mol. The Labute approximate surface area is 123 Å². The third-order valence-electron chi connectivity index (χ3n) is 3.18. The molecule has 1 rings (SSSR count). The van der Waals surface area contributed by atoms with Gasteiger partial charge in [-0.05, 0) is 19.3 Å². The van der Waals surface area contributed by atoms with Gasteiger partial charge in [-0.3, -0.25) is 9.36 Å². The summed E-state index contributed by atoms with van der Waals surface area (Å²) in [5, 5.41) is 9.91. The molecule has 1 atom stereocenters. The van der Waals surface area contributed by atoms with E-state index < -0.39 is 0 Å². The van der Waals surface area contributed by atoms with E-state index >= 15 is 0 Å². The number of unbranched alkanes of at least 4 members (excludes halogenated alkanes) is 1. The molecule has 1 heterocycles. The summed E-state index contributed by atoms with van der Waals surface area (Å²) in [6.45, 7) is 8.82. The number of nitrogens with zero attached hydrogens (tertiary/aromatic N) is 2. The summed E-state index contributed by atoms with van der Waals surface area (Å²) in [7, 11) is 0. The van der Waals surface area contributed by atoms with Crippen LogP contribution in [0.15, 0.2) is 9.95 Å². The molecule has 0 aliphatic carbocycles. The first-order valence-corrected chi connectivity index (χ1v) is 8.01. The van der Waals surface area contributed by atoms with Crippen LogP contribution in [0, 0.1) is 5.92 Å². The van der Waals surface area contributed by atoms with Crippen molar-refractivity contribution in [2.45, 2.75) is 58.3 Å². The van der Waals surface area contributed by atoms with Gasteiger partial charge in [0, 0.05) is 12.6 Å². The van der Waals surface area contributed by atoms with Gasteiger partial charge >= 0.3 is 5.69 Å². The molecule has 2 N–H and O–H groups in total. The second-order valence-electron chi connectivity index (χ2n) is 5.21. The molecule has 114 valence electrons. The van der Waals surface area contributed by atoms with Crippen LogP contribution in [0.3, 0.4) is 0 Å². The topological polar surface area (TPSA) is 79.8 Å². The lowest BCUT2D eigenvalue weighted by Crippen LogP contribution is -2.37. The number of hydrogen-bond donors (Lipinski definition) is 2. The van der Waals surface area contributed by atoms with Crippen molar-refractivity contribution in [3.05, 3.63) is 10.5 Å². The van der Waals surface area contributed by atoms with Gasteiger partial charge in [-0.2, -0.15) is 0 Å². The fourth-order valence-electron chi connectivity index (χ4n) is 1.52. The van der Waals surface area contributed by atoms with Crippen molar-refractivity contribution >= 4 is 17.7 Å². The molecular weight excluding hydrogens is 276 g/mol. The molecule has 1 aromatic rings. The van der Waals surface area contributed by atoms with E-state index in [0.29, 0.717) is 17.6 Å². The Bertz CT molecular complexity index is 481.